The van der Waals surface area contributed by atoms with Gasteiger partial charge in [0.05, 0.1) is 23.8 Å². The fourth-order valence-corrected chi connectivity index (χ4v) is 2.93. The number of aromatic nitrogens is 2. The molecule has 0 spiro atoms. The van der Waals surface area contributed by atoms with Crippen molar-refractivity contribution in [3.63, 3.8) is 0 Å². The molecule has 3 N–H and O–H groups in total. The lowest BCUT2D eigenvalue weighted by Gasteiger charge is -2.08. The number of halogens is 1. The summed E-state index contributed by atoms with van der Waals surface area (Å²) in [6.45, 7) is -0.455. The van der Waals surface area contributed by atoms with E-state index in [0.29, 0.717) is 32.5 Å². The topological polar surface area (TPSA) is 113 Å². The summed E-state index contributed by atoms with van der Waals surface area (Å²) >= 11 is 3.32. The lowest BCUT2D eigenvalue weighted by Crippen LogP contribution is -2.20. The third-order valence-corrected chi connectivity index (χ3v) is 4.42. The first kappa shape index (κ1) is 19.4. The van der Waals surface area contributed by atoms with Crippen molar-refractivity contribution in [2.24, 2.45) is 0 Å². The summed E-state index contributed by atoms with van der Waals surface area (Å²) in [5, 5.41) is 2.62. The molecule has 0 aliphatic carbocycles. The normalized spacial score (nSPS) is 10.9. The van der Waals surface area contributed by atoms with Crippen LogP contribution >= 0.6 is 15.9 Å². The highest BCUT2D eigenvalue weighted by molar-refractivity contribution is 9.10. The molecule has 144 valence electrons. The van der Waals surface area contributed by atoms with E-state index in [1.165, 1.54) is 13.2 Å². The molecule has 0 unspecified atom stereocenters. The van der Waals surface area contributed by atoms with E-state index < -0.39 is 18.5 Å². The molecule has 28 heavy (non-hydrogen) atoms. The Hall–Kier alpha value is -3.33. The molecule has 0 bridgehead atoms. The molecule has 0 fully saturated rings. The van der Waals surface area contributed by atoms with Crippen LogP contribution in [0, 0.1) is 0 Å². The van der Waals surface area contributed by atoms with E-state index in [2.05, 4.69) is 31.2 Å². The van der Waals surface area contributed by atoms with E-state index >= 15 is 0 Å². The predicted molar refractivity (Wildman–Crippen MR) is 108 cm³/mol. The van der Waals surface area contributed by atoms with Gasteiger partial charge in [0.1, 0.15) is 5.75 Å². The van der Waals surface area contributed by atoms with Gasteiger partial charge in [0.15, 0.2) is 6.61 Å². The SMILES string of the molecule is COc1ccccc1C=CC(=O)OCC(=O)Nc1cc2[nH]c(=O)[nH]c2cc1Br. The number of amides is 1. The average Bonchev–Trinajstić information content (AvgIpc) is 3.03. The van der Waals surface area contributed by atoms with Crippen molar-refractivity contribution in [3.8, 4) is 5.75 Å². The maximum atomic E-state index is 12.1. The Kier molecular flexibility index (Phi) is 5.95. The van der Waals surface area contributed by atoms with E-state index in [1.807, 2.05) is 12.1 Å². The number of rotatable bonds is 6. The highest BCUT2D eigenvalue weighted by Crippen LogP contribution is 2.26. The quantitative estimate of drug-likeness (QED) is 0.398. The van der Waals surface area contributed by atoms with Crippen molar-refractivity contribution in [1.29, 1.82) is 0 Å². The average molecular weight is 446 g/mol. The van der Waals surface area contributed by atoms with Gasteiger partial charge in [-0.25, -0.2) is 9.59 Å². The number of hydrogen-bond donors (Lipinski definition) is 3. The van der Waals surface area contributed by atoms with Gasteiger partial charge in [0.25, 0.3) is 5.91 Å². The number of ether oxygens (including phenoxy) is 2. The third-order valence-electron chi connectivity index (χ3n) is 3.76. The molecule has 0 radical (unpaired) electrons. The molecule has 3 rings (SSSR count). The summed E-state index contributed by atoms with van der Waals surface area (Å²) in [4.78, 5) is 40.4. The molecule has 0 atom stereocenters. The summed E-state index contributed by atoms with van der Waals surface area (Å²) in [6.07, 6.45) is 2.77. The second-order valence-electron chi connectivity index (χ2n) is 5.69. The minimum absolute atomic E-state index is 0.346. The van der Waals surface area contributed by atoms with Crippen molar-refractivity contribution in [3.05, 3.63) is 63.0 Å². The van der Waals surface area contributed by atoms with Crippen LogP contribution in [0.3, 0.4) is 0 Å². The first-order valence-electron chi connectivity index (χ1n) is 8.15. The van der Waals surface area contributed by atoms with E-state index in [0.717, 1.165) is 0 Å². The third kappa shape index (κ3) is 4.68. The molecule has 9 heteroatoms. The van der Waals surface area contributed by atoms with Crippen LogP contribution in [0.25, 0.3) is 17.1 Å². The summed E-state index contributed by atoms with van der Waals surface area (Å²) in [6, 6.07) is 10.4. The monoisotopic (exact) mass is 445 g/mol. The number of H-pyrrole nitrogens is 2. The molecule has 0 saturated heterocycles. The van der Waals surface area contributed by atoms with Crippen LogP contribution in [0.5, 0.6) is 5.75 Å². The zero-order valence-corrected chi connectivity index (χ0v) is 16.3. The standard InChI is InChI=1S/C19H16BrN3O5/c1-27-16-5-3-2-4-11(16)6-7-18(25)28-10-17(24)21-13-9-15-14(8-12(13)20)22-19(26)23-15/h2-9H,10H2,1H3,(H,21,24)(H2,22,23,26). The van der Waals surface area contributed by atoms with Crippen LogP contribution in [0.15, 0.2) is 51.7 Å². The minimum atomic E-state index is -0.662. The molecule has 1 amide bonds. The molecule has 8 nitrogen and oxygen atoms in total. The van der Waals surface area contributed by atoms with Gasteiger partial charge in [0.2, 0.25) is 0 Å². The molecule has 3 aromatic rings. The maximum absolute atomic E-state index is 12.1. The van der Waals surface area contributed by atoms with Crippen LogP contribution < -0.4 is 15.7 Å². The maximum Gasteiger partial charge on any atom is 0.331 e. The molecule has 0 aliphatic heterocycles. The number of para-hydroxylation sites is 1. The summed E-state index contributed by atoms with van der Waals surface area (Å²) in [7, 11) is 1.54. The summed E-state index contributed by atoms with van der Waals surface area (Å²) in [5.74, 6) is -0.560. The number of imidazole rings is 1. The van der Waals surface area contributed by atoms with Gasteiger partial charge in [-0.1, -0.05) is 18.2 Å². The van der Waals surface area contributed by atoms with E-state index in [9.17, 15) is 14.4 Å². The number of aromatic amines is 2. The van der Waals surface area contributed by atoms with E-state index in [1.54, 1.807) is 30.3 Å². The Morgan fingerprint density at radius 3 is 2.64 bits per heavy atom. The Morgan fingerprint density at radius 1 is 1.18 bits per heavy atom. The number of benzene rings is 2. The van der Waals surface area contributed by atoms with Gasteiger partial charge in [0, 0.05) is 16.1 Å². The van der Waals surface area contributed by atoms with Crippen molar-refractivity contribution < 1.29 is 19.1 Å². The molecular weight excluding hydrogens is 430 g/mol. The zero-order valence-electron chi connectivity index (χ0n) is 14.7. The fourth-order valence-electron chi connectivity index (χ4n) is 2.48. The zero-order chi connectivity index (χ0) is 20.1. The molecule has 0 aliphatic rings. The number of esters is 1. The van der Waals surface area contributed by atoms with Crippen molar-refractivity contribution in [1.82, 2.24) is 9.97 Å². The van der Waals surface area contributed by atoms with Gasteiger partial charge in [-0.2, -0.15) is 0 Å². The Bertz CT molecular complexity index is 1120. The lowest BCUT2D eigenvalue weighted by molar-refractivity contribution is -0.142. The predicted octanol–water partition coefficient (Wildman–Crippen LogP) is 2.82. The fraction of sp³-hybridized carbons (Fsp3) is 0.105. The number of carbonyl (C=O) groups excluding carboxylic acids is 2. The first-order chi connectivity index (χ1) is 13.5. The van der Waals surface area contributed by atoms with Crippen LogP contribution in [0.2, 0.25) is 0 Å². The smallest absolute Gasteiger partial charge is 0.331 e. The first-order valence-corrected chi connectivity index (χ1v) is 8.95. The number of hydrogen-bond acceptors (Lipinski definition) is 5. The van der Waals surface area contributed by atoms with Gasteiger partial charge in [-0.15, -0.1) is 0 Å². The van der Waals surface area contributed by atoms with Crippen molar-refractivity contribution in [2.75, 3.05) is 19.0 Å². The Labute approximate surface area is 167 Å². The highest BCUT2D eigenvalue weighted by Gasteiger charge is 2.10. The Morgan fingerprint density at radius 2 is 1.89 bits per heavy atom. The molecular formula is C19H16BrN3O5. The molecule has 1 heterocycles. The second kappa shape index (κ2) is 8.57. The van der Waals surface area contributed by atoms with E-state index in [4.69, 9.17) is 9.47 Å². The van der Waals surface area contributed by atoms with E-state index in [-0.39, 0.29) is 5.69 Å². The van der Waals surface area contributed by atoms with Crippen LogP contribution in [-0.4, -0.2) is 35.6 Å². The number of fused-ring (bicyclic) bond motifs is 1. The lowest BCUT2D eigenvalue weighted by atomic mass is 10.2. The Balaban J connectivity index is 1.58. The van der Waals surface area contributed by atoms with Gasteiger partial charge >= 0.3 is 11.7 Å². The molecule has 0 saturated carbocycles. The van der Waals surface area contributed by atoms with Gasteiger partial charge in [-0.05, 0) is 40.2 Å². The summed E-state index contributed by atoms with van der Waals surface area (Å²) in [5.41, 5.74) is 1.95. The number of methoxy groups -OCH3 is 1. The van der Waals surface area contributed by atoms with Crippen LogP contribution in [0.4, 0.5) is 5.69 Å². The largest absolute Gasteiger partial charge is 0.496 e. The summed E-state index contributed by atoms with van der Waals surface area (Å²) < 4.78 is 10.7. The minimum Gasteiger partial charge on any atom is -0.496 e. The number of anilines is 1. The highest BCUT2D eigenvalue weighted by atomic mass is 79.9. The van der Waals surface area contributed by atoms with Crippen molar-refractivity contribution in [2.45, 2.75) is 0 Å². The van der Waals surface area contributed by atoms with Crippen LogP contribution in [-0.2, 0) is 14.3 Å². The molecule has 1 aromatic heterocycles. The van der Waals surface area contributed by atoms with Crippen LogP contribution in [0.1, 0.15) is 5.56 Å². The van der Waals surface area contributed by atoms with Gasteiger partial charge in [-0.3, -0.25) is 4.79 Å². The molecule has 2 aromatic carbocycles. The van der Waals surface area contributed by atoms with Gasteiger partial charge < -0.3 is 24.8 Å². The number of nitrogens with one attached hydrogen (secondary N) is 3. The second-order valence-corrected chi connectivity index (χ2v) is 6.54. The number of carbonyl (C=O) groups is 2. The van der Waals surface area contributed by atoms with Crippen molar-refractivity contribution >= 4 is 50.6 Å².